The third-order valence-corrected chi connectivity index (χ3v) is 5.83. The van der Waals surface area contributed by atoms with Crippen molar-refractivity contribution in [3.05, 3.63) is 65.4 Å². The first-order valence-electron chi connectivity index (χ1n) is 10.1. The predicted octanol–water partition coefficient (Wildman–Crippen LogP) is 4.78. The Kier molecular flexibility index (Phi) is 5.47. The number of H-pyrrole nitrogens is 1. The second-order valence-electron chi connectivity index (χ2n) is 7.92. The zero-order valence-electron chi connectivity index (χ0n) is 16.7. The maximum atomic E-state index is 12.7. The van der Waals surface area contributed by atoms with E-state index in [2.05, 4.69) is 9.88 Å². The van der Waals surface area contributed by atoms with Crippen LogP contribution in [-0.2, 0) is 6.18 Å². The molecule has 3 aromatic rings. The van der Waals surface area contributed by atoms with Crippen LogP contribution in [0.4, 0.5) is 18.9 Å². The fraction of sp³-hybridized carbons (Fsp3) is 0.304. The van der Waals surface area contributed by atoms with Gasteiger partial charge >= 0.3 is 6.18 Å². The molecule has 31 heavy (non-hydrogen) atoms. The number of nitrogens with two attached hydrogens (primary N) is 1. The molecule has 3 N–H and O–H groups in total. The summed E-state index contributed by atoms with van der Waals surface area (Å²) in [4.78, 5) is 29.6. The van der Waals surface area contributed by atoms with E-state index in [4.69, 9.17) is 5.73 Å². The van der Waals surface area contributed by atoms with Crippen molar-refractivity contribution >= 4 is 28.3 Å². The number of halogens is 3. The Labute approximate surface area is 177 Å². The van der Waals surface area contributed by atoms with E-state index in [1.54, 1.807) is 12.3 Å². The SMILES string of the molecule is NC(=O)c1ccc(N2CCC[C@@H](CC(=O)c3ccc(C(F)(F)F)cc3)C2)c2cc[nH]c12. The molecule has 1 fully saturated rings. The van der Waals surface area contributed by atoms with Gasteiger partial charge in [0.15, 0.2) is 5.78 Å². The Balaban J connectivity index is 1.49. The molecule has 0 spiro atoms. The molecule has 0 radical (unpaired) electrons. The van der Waals surface area contributed by atoms with Crippen LogP contribution in [0.2, 0.25) is 0 Å². The number of primary amides is 1. The zero-order valence-corrected chi connectivity index (χ0v) is 16.7. The number of hydrogen-bond acceptors (Lipinski definition) is 3. The zero-order chi connectivity index (χ0) is 22.2. The fourth-order valence-electron chi connectivity index (χ4n) is 4.30. The first-order valence-corrected chi connectivity index (χ1v) is 10.1. The monoisotopic (exact) mass is 429 g/mol. The highest BCUT2D eigenvalue weighted by Crippen LogP contribution is 2.33. The van der Waals surface area contributed by atoms with Crippen LogP contribution >= 0.6 is 0 Å². The van der Waals surface area contributed by atoms with Crippen LogP contribution in [0.25, 0.3) is 10.9 Å². The van der Waals surface area contributed by atoms with Crippen molar-refractivity contribution in [2.24, 2.45) is 11.7 Å². The van der Waals surface area contributed by atoms with Crippen LogP contribution < -0.4 is 10.6 Å². The molecule has 2 heterocycles. The van der Waals surface area contributed by atoms with E-state index < -0.39 is 17.6 Å². The molecule has 162 valence electrons. The summed E-state index contributed by atoms with van der Waals surface area (Å²) in [5, 5.41) is 0.894. The number of nitrogens with zero attached hydrogens (tertiary/aromatic N) is 1. The van der Waals surface area contributed by atoms with E-state index in [1.807, 2.05) is 12.1 Å². The van der Waals surface area contributed by atoms with Crippen LogP contribution in [-0.4, -0.2) is 29.8 Å². The molecule has 5 nitrogen and oxygen atoms in total. The lowest BCUT2D eigenvalue weighted by Crippen LogP contribution is -2.36. The Hall–Kier alpha value is -3.29. The van der Waals surface area contributed by atoms with Crippen molar-refractivity contribution in [2.45, 2.75) is 25.4 Å². The number of rotatable bonds is 5. The Morgan fingerprint density at radius 3 is 2.52 bits per heavy atom. The first kappa shape index (κ1) is 21.0. The number of aromatic nitrogens is 1. The summed E-state index contributed by atoms with van der Waals surface area (Å²) in [5.41, 5.74) is 7.07. The number of nitrogens with one attached hydrogen (secondary N) is 1. The number of fused-ring (bicyclic) bond motifs is 1. The average molecular weight is 429 g/mol. The number of anilines is 1. The topological polar surface area (TPSA) is 79.2 Å². The highest BCUT2D eigenvalue weighted by molar-refractivity contribution is 6.08. The smallest absolute Gasteiger partial charge is 0.371 e. The third kappa shape index (κ3) is 4.28. The Morgan fingerprint density at radius 2 is 1.84 bits per heavy atom. The molecule has 0 saturated carbocycles. The number of piperidine rings is 1. The van der Waals surface area contributed by atoms with E-state index in [-0.39, 0.29) is 18.1 Å². The van der Waals surface area contributed by atoms with E-state index in [0.717, 1.165) is 42.6 Å². The maximum Gasteiger partial charge on any atom is 0.416 e. The number of alkyl halides is 3. The van der Waals surface area contributed by atoms with Gasteiger partial charge in [0.2, 0.25) is 0 Å². The fourth-order valence-corrected chi connectivity index (χ4v) is 4.30. The molecule has 1 amide bonds. The van der Waals surface area contributed by atoms with Gasteiger partial charge in [-0.15, -0.1) is 0 Å². The van der Waals surface area contributed by atoms with E-state index in [9.17, 15) is 22.8 Å². The molecule has 0 aliphatic carbocycles. The summed E-state index contributed by atoms with van der Waals surface area (Å²) < 4.78 is 38.2. The van der Waals surface area contributed by atoms with Gasteiger partial charge in [-0.3, -0.25) is 9.59 Å². The molecule has 2 aromatic carbocycles. The van der Waals surface area contributed by atoms with Crippen molar-refractivity contribution < 1.29 is 22.8 Å². The molecule has 0 unspecified atom stereocenters. The molecule has 1 atom stereocenters. The average Bonchev–Trinajstić information content (AvgIpc) is 3.22. The number of carbonyl (C=O) groups is 2. The van der Waals surface area contributed by atoms with Gasteiger partial charge in [0, 0.05) is 42.3 Å². The summed E-state index contributed by atoms with van der Waals surface area (Å²) in [7, 11) is 0. The first-order chi connectivity index (χ1) is 14.7. The Bertz CT molecular complexity index is 1120. The van der Waals surface area contributed by atoms with E-state index >= 15 is 0 Å². The van der Waals surface area contributed by atoms with Crippen LogP contribution in [0.15, 0.2) is 48.7 Å². The van der Waals surface area contributed by atoms with Gasteiger partial charge in [-0.25, -0.2) is 0 Å². The third-order valence-electron chi connectivity index (χ3n) is 5.83. The standard InChI is InChI=1S/C23H22F3N3O2/c24-23(25,26)16-5-3-15(4-6-16)20(30)12-14-2-1-11-29(13-14)19-8-7-18(22(27)31)21-17(19)9-10-28-21/h3-10,14,28H,1-2,11-13H2,(H2,27,31)/t14-/m0/s1. The van der Waals surface area contributed by atoms with Gasteiger partial charge in [0.25, 0.3) is 5.91 Å². The minimum Gasteiger partial charge on any atom is -0.371 e. The number of hydrogen-bond donors (Lipinski definition) is 2. The van der Waals surface area contributed by atoms with E-state index in [1.165, 1.54) is 12.1 Å². The molecule has 0 bridgehead atoms. The molecular weight excluding hydrogens is 407 g/mol. The summed E-state index contributed by atoms with van der Waals surface area (Å²) in [6.45, 7) is 1.48. The largest absolute Gasteiger partial charge is 0.416 e. The number of Topliss-reactive ketones (excluding diaryl/α,β-unsaturated/α-hetero) is 1. The van der Waals surface area contributed by atoms with Crippen LogP contribution in [0.3, 0.4) is 0 Å². The molecule has 8 heteroatoms. The van der Waals surface area contributed by atoms with Gasteiger partial charge in [-0.2, -0.15) is 13.2 Å². The molecule has 4 rings (SSSR count). The summed E-state index contributed by atoms with van der Waals surface area (Å²) in [6, 6.07) is 9.86. The summed E-state index contributed by atoms with van der Waals surface area (Å²) in [6.07, 6.45) is -0.611. The second-order valence-corrected chi connectivity index (χ2v) is 7.92. The quantitative estimate of drug-likeness (QED) is 0.573. The second kappa shape index (κ2) is 8.09. The minimum absolute atomic E-state index is 0.0911. The van der Waals surface area contributed by atoms with Gasteiger partial charge < -0.3 is 15.6 Å². The number of aromatic amines is 1. The van der Waals surface area contributed by atoms with E-state index in [0.29, 0.717) is 23.2 Å². The van der Waals surface area contributed by atoms with Crippen molar-refractivity contribution in [1.82, 2.24) is 4.98 Å². The molecule has 1 aromatic heterocycles. The lowest BCUT2D eigenvalue weighted by atomic mass is 9.90. The number of benzene rings is 2. The van der Waals surface area contributed by atoms with Crippen LogP contribution in [0, 0.1) is 5.92 Å². The van der Waals surface area contributed by atoms with Gasteiger partial charge in [-0.05, 0) is 49.1 Å². The molecule has 1 aliphatic heterocycles. The number of ketones is 1. The predicted molar refractivity (Wildman–Crippen MR) is 112 cm³/mol. The van der Waals surface area contributed by atoms with Crippen LogP contribution in [0.5, 0.6) is 0 Å². The molecular formula is C23H22F3N3O2. The Morgan fingerprint density at radius 1 is 1.10 bits per heavy atom. The van der Waals surface area contributed by atoms with Gasteiger partial charge in [-0.1, -0.05) is 12.1 Å². The minimum atomic E-state index is -4.42. The number of carbonyl (C=O) groups excluding carboxylic acids is 2. The van der Waals surface area contributed by atoms with Crippen molar-refractivity contribution in [3.8, 4) is 0 Å². The highest BCUT2D eigenvalue weighted by atomic mass is 19.4. The normalized spacial score (nSPS) is 17.1. The number of amides is 1. The van der Waals surface area contributed by atoms with Gasteiger partial charge in [0.1, 0.15) is 0 Å². The lowest BCUT2D eigenvalue weighted by Gasteiger charge is -2.34. The summed E-state index contributed by atoms with van der Waals surface area (Å²) in [5.74, 6) is -0.567. The summed E-state index contributed by atoms with van der Waals surface area (Å²) >= 11 is 0. The highest BCUT2D eigenvalue weighted by Gasteiger charge is 2.30. The van der Waals surface area contributed by atoms with Gasteiger partial charge in [0.05, 0.1) is 16.6 Å². The molecule has 1 saturated heterocycles. The maximum absolute atomic E-state index is 12.7. The van der Waals surface area contributed by atoms with Crippen molar-refractivity contribution in [1.29, 1.82) is 0 Å². The van der Waals surface area contributed by atoms with Crippen LogP contribution in [0.1, 0.15) is 45.5 Å². The van der Waals surface area contributed by atoms with Crippen molar-refractivity contribution in [2.75, 3.05) is 18.0 Å². The molecule has 1 aliphatic rings. The van der Waals surface area contributed by atoms with Crippen molar-refractivity contribution in [3.63, 3.8) is 0 Å². The lowest BCUT2D eigenvalue weighted by molar-refractivity contribution is -0.137.